The molecule has 2 aromatic heterocycles. The van der Waals surface area contributed by atoms with Crippen molar-refractivity contribution in [3.63, 3.8) is 0 Å². The summed E-state index contributed by atoms with van der Waals surface area (Å²) >= 11 is 0. The van der Waals surface area contributed by atoms with Crippen LogP contribution in [0.4, 0.5) is 0 Å². The highest BCUT2D eigenvalue weighted by atomic mass is 15.1. The Morgan fingerprint density at radius 1 is 1.04 bits per heavy atom. The lowest BCUT2D eigenvalue weighted by atomic mass is 10.0. The van der Waals surface area contributed by atoms with E-state index in [0.717, 1.165) is 36.5 Å². The normalized spacial score (nSPS) is 19.7. The number of hydrogen-bond acceptors (Lipinski definition) is 3. The summed E-state index contributed by atoms with van der Waals surface area (Å²) in [5, 5.41) is 0. The highest BCUT2D eigenvalue weighted by molar-refractivity contribution is 5.70. The first-order valence-electron chi connectivity index (χ1n) is 8.45. The zero-order valence-corrected chi connectivity index (χ0v) is 13.3. The van der Waals surface area contributed by atoms with Gasteiger partial charge in [-0.3, -0.25) is 4.90 Å². The van der Waals surface area contributed by atoms with Crippen molar-refractivity contribution in [2.45, 2.75) is 31.7 Å². The molecule has 0 radical (unpaired) electrons. The third-order valence-corrected chi connectivity index (χ3v) is 4.73. The first-order chi connectivity index (χ1) is 11.4. The monoisotopic (exact) mass is 306 g/mol. The quantitative estimate of drug-likeness (QED) is 0.802. The number of aromatic nitrogens is 3. The molecule has 0 bridgehead atoms. The number of likely N-dealkylation sites (tertiary alicyclic amines) is 1. The second-order valence-corrected chi connectivity index (χ2v) is 6.39. The SMILES string of the molecule is c1ccc(CN2CCCC(c3nc4ncccc4[nH]3)CC2)cc1. The summed E-state index contributed by atoms with van der Waals surface area (Å²) in [6.07, 6.45) is 5.39. The fraction of sp³-hybridized carbons (Fsp3) is 0.368. The minimum absolute atomic E-state index is 0.518. The van der Waals surface area contributed by atoms with Gasteiger partial charge in [0, 0.05) is 18.7 Å². The number of imidazole rings is 1. The molecule has 4 rings (SSSR count). The van der Waals surface area contributed by atoms with Crippen LogP contribution in [-0.4, -0.2) is 32.9 Å². The Labute approximate surface area is 136 Å². The minimum Gasteiger partial charge on any atom is -0.340 e. The van der Waals surface area contributed by atoms with Crippen LogP contribution in [0.15, 0.2) is 48.7 Å². The molecule has 1 aliphatic rings. The predicted molar refractivity (Wildman–Crippen MR) is 92.2 cm³/mol. The maximum absolute atomic E-state index is 4.70. The van der Waals surface area contributed by atoms with E-state index in [2.05, 4.69) is 51.3 Å². The Hall–Kier alpha value is -2.20. The van der Waals surface area contributed by atoms with Crippen molar-refractivity contribution in [2.24, 2.45) is 0 Å². The predicted octanol–water partition coefficient (Wildman–Crippen LogP) is 3.73. The third kappa shape index (κ3) is 3.27. The van der Waals surface area contributed by atoms with Crippen molar-refractivity contribution < 1.29 is 0 Å². The maximum Gasteiger partial charge on any atom is 0.177 e. The number of nitrogens with one attached hydrogen (secondary N) is 1. The van der Waals surface area contributed by atoms with Crippen molar-refractivity contribution in [3.8, 4) is 0 Å². The van der Waals surface area contributed by atoms with Crippen molar-refractivity contribution in [3.05, 3.63) is 60.0 Å². The Kier molecular flexibility index (Phi) is 4.07. The average molecular weight is 306 g/mol. The molecule has 0 saturated carbocycles. The molecule has 23 heavy (non-hydrogen) atoms. The van der Waals surface area contributed by atoms with Crippen LogP contribution in [0, 0.1) is 0 Å². The van der Waals surface area contributed by atoms with E-state index in [1.165, 1.54) is 24.9 Å². The number of benzene rings is 1. The zero-order chi connectivity index (χ0) is 15.5. The highest BCUT2D eigenvalue weighted by Crippen LogP contribution is 2.27. The van der Waals surface area contributed by atoms with E-state index in [1.54, 1.807) is 0 Å². The molecule has 0 aliphatic carbocycles. The minimum atomic E-state index is 0.518. The molecule has 3 aromatic rings. The Morgan fingerprint density at radius 2 is 1.96 bits per heavy atom. The first-order valence-corrected chi connectivity index (χ1v) is 8.45. The fourth-order valence-corrected chi connectivity index (χ4v) is 3.49. The summed E-state index contributed by atoms with van der Waals surface area (Å²) < 4.78 is 0. The molecule has 3 heterocycles. The van der Waals surface area contributed by atoms with E-state index in [1.807, 2.05) is 12.3 Å². The lowest BCUT2D eigenvalue weighted by molar-refractivity contribution is 0.275. The Balaban J connectivity index is 1.44. The molecule has 0 spiro atoms. The van der Waals surface area contributed by atoms with Crippen LogP contribution in [0.3, 0.4) is 0 Å². The smallest absolute Gasteiger partial charge is 0.177 e. The van der Waals surface area contributed by atoms with Crippen LogP contribution in [0.1, 0.15) is 36.6 Å². The summed E-state index contributed by atoms with van der Waals surface area (Å²) in [6.45, 7) is 3.35. The summed E-state index contributed by atoms with van der Waals surface area (Å²) in [4.78, 5) is 15.1. The molecule has 118 valence electrons. The van der Waals surface area contributed by atoms with E-state index >= 15 is 0 Å². The second kappa shape index (κ2) is 6.50. The molecule has 1 saturated heterocycles. The van der Waals surface area contributed by atoms with E-state index in [0.29, 0.717) is 5.92 Å². The first kappa shape index (κ1) is 14.4. The fourth-order valence-electron chi connectivity index (χ4n) is 3.49. The van der Waals surface area contributed by atoms with E-state index in [-0.39, 0.29) is 0 Å². The second-order valence-electron chi connectivity index (χ2n) is 6.39. The molecule has 1 unspecified atom stereocenters. The standard InChI is InChI=1S/C19H22N4/c1-2-6-15(7-3-1)14-23-12-5-8-16(10-13-23)18-21-17-9-4-11-20-19(17)22-18/h1-4,6-7,9,11,16H,5,8,10,12-14H2,(H,20,21,22). The van der Waals surface area contributed by atoms with E-state index in [4.69, 9.17) is 4.98 Å². The number of nitrogens with zero attached hydrogens (tertiary/aromatic N) is 3. The Morgan fingerprint density at radius 3 is 2.83 bits per heavy atom. The van der Waals surface area contributed by atoms with Gasteiger partial charge in [0.1, 0.15) is 5.82 Å². The molecule has 4 heteroatoms. The van der Waals surface area contributed by atoms with Crippen LogP contribution in [0.5, 0.6) is 0 Å². The molecule has 1 aromatic carbocycles. The van der Waals surface area contributed by atoms with Gasteiger partial charge < -0.3 is 4.98 Å². The van der Waals surface area contributed by atoms with Crippen molar-refractivity contribution in [2.75, 3.05) is 13.1 Å². The van der Waals surface area contributed by atoms with Gasteiger partial charge in [-0.2, -0.15) is 0 Å². The maximum atomic E-state index is 4.70. The molecule has 1 fully saturated rings. The van der Waals surface area contributed by atoms with Crippen LogP contribution in [0.2, 0.25) is 0 Å². The van der Waals surface area contributed by atoms with Crippen LogP contribution >= 0.6 is 0 Å². The molecule has 0 amide bonds. The summed E-state index contributed by atoms with van der Waals surface area (Å²) in [5.41, 5.74) is 3.29. The molecule has 4 nitrogen and oxygen atoms in total. The van der Waals surface area contributed by atoms with Crippen LogP contribution < -0.4 is 0 Å². The molecular weight excluding hydrogens is 284 g/mol. The van der Waals surface area contributed by atoms with Crippen molar-refractivity contribution in [1.29, 1.82) is 0 Å². The summed E-state index contributed by atoms with van der Waals surface area (Å²) in [7, 11) is 0. The van der Waals surface area contributed by atoms with Gasteiger partial charge in [0.25, 0.3) is 0 Å². The van der Waals surface area contributed by atoms with Gasteiger partial charge in [0.15, 0.2) is 5.65 Å². The molecule has 1 atom stereocenters. The van der Waals surface area contributed by atoms with Gasteiger partial charge in [0.2, 0.25) is 0 Å². The zero-order valence-electron chi connectivity index (χ0n) is 13.3. The highest BCUT2D eigenvalue weighted by Gasteiger charge is 2.21. The number of fused-ring (bicyclic) bond motifs is 1. The van der Waals surface area contributed by atoms with Crippen molar-refractivity contribution >= 4 is 11.2 Å². The molecular formula is C19H22N4. The lowest BCUT2D eigenvalue weighted by Gasteiger charge is -2.20. The number of aromatic amines is 1. The van der Waals surface area contributed by atoms with E-state index in [9.17, 15) is 0 Å². The largest absolute Gasteiger partial charge is 0.340 e. The van der Waals surface area contributed by atoms with Crippen molar-refractivity contribution in [1.82, 2.24) is 19.9 Å². The van der Waals surface area contributed by atoms with Gasteiger partial charge >= 0.3 is 0 Å². The summed E-state index contributed by atoms with van der Waals surface area (Å²) in [6, 6.07) is 14.8. The van der Waals surface area contributed by atoms with Gasteiger partial charge in [-0.1, -0.05) is 30.3 Å². The van der Waals surface area contributed by atoms with Gasteiger partial charge in [0.05, 0.1) is 5.52 Å². The van der Waals surface area contributed by atoms with Crippen LogP contribution in [-0.2, 0) is 6.54 Å². The summed E-state index contributed by atoms with van der Waals surface area (Å²) in [5.74, 6) is 1.63. The number of pyridine rings is 1. The lowest BCUT2D eigenvalue weighted by Crippen LogP contribution is -2.24. The topological polar surface area (TPSA) is 44.8 Å². The number of hydrogen-bond donors (Lipinski definition) is 1. The van der Waals surface area contributed by atoms with E-state index < -0.39 is 0 Å². The number of rotatable bonds is 3. The average Bonchev–Trinajstić information content (AvgIpc) is 2.89. The molecule has 1 N–H and O–H groups in total. The van der Waals surface area contributed by atoms with Gasteiger partial charge in [-0.05, 0) is 50.0 Å². The Bertz CT molecular complexity index is 732. The van der Waals surface area contributed by atoms with Gasteiger partial charge in [-0.15, -0.1) is 0 Å². The van der Waals surface area contributed by atoms with Crippen LogP contribution in [0.25, 0.3) is 11.2 Å². The third-order valence-electron chi connectivity index (χ3n) is 4.73. The number of H-pyrrole nitrogens is 1. The molecule has 1 aliphatic heterocycles. The van der Waals surface area contributed by atoms with Gasteiger partial charge in [-0.25, -0.2) is 9.97 Å².